The second kappa shape index (κ2) is 9.57. The third kappa shape index (κ3) is 5.45. The van der Waals surface area contributed by atoms with Gasteiger partial charge in [0.1, 0.15) is 0 Å². The SMILES string of the molecule is CCN(CCCNC(=O)c1ccc(Cn2cccn2)cc1)c1ccccc1. The zero-order valence-corrected chi connectivity index (χ0v) is 15.7. The van der Waals surface area contributed by atoms with E-state index in [9.17, 15) is 4.79 Å². The summed E-state index contributed by atoms with van der Waals surface area (Å²) in [6.45, 7) is 5.40. The van der Waals surface area contributed by atoms with E-state index in [0.29, 0.717) is 18.7 Å². The maximum atomic E-state index is 12.3. The Hall–Kier alpha value is -3.08. The van der Waals surface area contributed by atoms with Gasteiger partial charge >= 0.3 is 0 Å². The standard InChI is InChI=1S/C22H26N4O/c1-2-25(21-8-4-3-5-9-21)16-6-14-23-22(27)20-12-10-19(11-13-20)18-26-17-7-15-24-26/h3-5,7-13,15,17H,2,6,14,16,18H2,1H3,(H,23,27). The highest BCUT2D eigenvalue weighted by atomic mass is 16.1. The molecular weight excluding hydrogens is 336 g/mol. The van der Waals surface area contributed by atoms with Crippen molar-refractivity contribution >= 4 is 11.6 Å². The Morgan fingerprint density at radius 2 is 1.85 bits per heavy atom. The average Bonchev–Trinajstić information content (AvgIpc) is 3.22. The van der Waals surface area contributed by atoms with Gasteiger partial charge in [0.25, 0.3) is 5.91 Å². The minimum atomic E-state index is -0.0246. The molecule has 0 atom stereocenters. The van der Waals surface area contributed by atoms with E-state index in [1.54, 1.807) is 6.20 Å². The number of anilines is 1. The largest absolute Gasteiger partial charge is 0.372 e. The lowest BCUT2D eigenvalue weighted by Crippen LogP contribution is -2.29. The van der Waals surface area contributed by atoms with Crippen molar-refractivity contribution in [2.45, 2.75) is 19.9 Å². The summed E-state index contributed by atoms with van der Waals surface area (Å²) in [5.74, 6) is -0.0246. The first-order valence-corrected chi connectivity index (χ1v) is 9.41. The van der Waals surface area contributed by atoms with E-state index in [-0.39, 0.29) is 5.91 Å². The van der Waals surface area contributed by atoms with Crippen molar-refractivity contribution in [1.82, 2.24) is 15.1 Å². The van der Waals surface area contributed by atoms with Crippen molar-refractivity contribution in [3.05, 3.63) is 84.2 Å². The van der Waals surface area contributed by atoms with Gasteiger partial charge in [0.05, 0.1) is 6.54 Å². The van der Waals surface area contributed by atoms with Crippen LogP contribution in [-0.2, 0) is 6.54 Å². The molecule has 0 aliphatic heterocycles. The predicted octanol–water partition coefficient (Wildman–Crippen LogP) is 3.58. The molecule has 3 rings (SSSR count). The summed E-state index contributed by atoms with van der Waals surface area (Å²) in [6, 6.07) is 20.0. The molecular formula is C22H26N4O. The monoisotopic (exact) mass is 362 g/mol. The zero-order valence-electron chi connectivity index (χ0n) is 15.7. The van der Waals surface area contributed by atoms with Crippen molar-refractivity contribution in [2.24, 2.45) is 0 Å². The lowest BCUT2D eigenvalue weighted by molar-refractivity contribution is 0.0953. The molecule has 1 amide bonds. The Labute approximate surface area is 160 Å². The van der Waals surface area contributed by atoms with Crippen molar-refractivity contribution in [2.75, 3.05) is 24.5 Å². The Morgan fingerprint density at radius 3 is 2.52 bits per heavy atom. The van der Waals surface area contributed by atoms with Gasteiger partial charge in [0, 0.05) is 43.3 Å². The van der Waals surface area contributed by atoms with Crippen LogP contribution in [0.1, 0.15) is 29.3 Å². The number of benzene rings is 2. The molecule has 0 saturated carbocycles. The summed E-state index contributed by atoms with van der Waals surface area (Å²) < 4.78 is 1.86. The molecule has 0 aliphatic carbocycles. The second-order valence-corrected chi connectivity index (χ2v) is 6.43. The Morgan fingerprint density at radius 1 is 1.07 bits per heavy atom. The van der Waals surface area contributed by atoms with Crippen LogP contribution in [0.25, 0.3) is 0 Å². The summed E-state index contributed by atoms with van der Waals surface area (Å²) >= 11 is 0. The number of nitrogens with one attached hydrogen (secondary N) is 1. The molecule has 0 spiro atoms. The average molecular weight is 362 g/mol. The fourth-order valence-corrected chi connectivity index (χ4v) is 3.03. The van der Waals surface area contributed by atoms with Gasteiger partial charge in [-0.3, -0.25) is 9.48 Å². The molecule has 0 bridgehead atoms. The maximum absolute atomic E-state index is 12.3. The number of nitrogens with zero attached hydrogens (tertiary/aromatic N) is 3. The molecule has 5 heteroatoms. The molecule has 0 fully saturated rings. The third-order valence-electron chi connectivity index (χ3n) is 4.51. The van der Waals surface area contributed by atoms with Gasteiger partial charge in [-0.1, -0.05) is 30.3 Å². The third-order valence-corrected chi connectivity index (χ3v) is 4.51. The topological polar surface area (TPSA) is 50.2 Å². The second-order valence-electron chi connectivity index (χ2n) is 6.43. The summed E-state index contributed by atoms with van der Waals surface area (Å²) in [4.78, 5) is 14.6. The van der Waals surface area contributed by atoms with Gasteiger partial charge < -0.3 is 10.2 Å². The number of carbonyl (C=O) groups is 1. The molecule has 3 aromatic rings. The lowest BCUT2D eigenvalue weighted by Gasteiger charge is -2.23. The molecule has 27 heavy (non-hydrogen) atoms. The minimum Gasteiger partial charge on any atom is -0.372 e. The Bertz CT molecular complexity index is 813. The van der Waals surface area contributed by atoms with Crippen LogP contribution in [0, 0.1) is 0 Å². The summed E-state index contributed by atoms with van der Waals surface area (Å²) in [5.41, 5.74) is 3.03. The van der Waals surface area contributed by atoms with Crippen LogP contribution in [-0.4, -0.2) is 35.3 Å². The fraction of sp³-hybridized carbons (Fsp3) is 0.273. The highest BCUT2D eigenvalue weighted by molar-refractivity contribution is 5.94. The van der Waals surface area contributed by atoms with E-state index in [4.69, 9.17) is 0 Å². The van der Waals surface area contributed by atoms with Crippen LogP contribution >= 0.6 is 0 Å². The van der Waals surface area contributed by atoms with Crippen LogP contribution < -0.4 is 10.2 Å². The molecule has 2 aromatic carbocycles. The van der Waals surface area contributed by atoms with Gasteiger partial charge in [-0.05, 0) is 49.2 Å². The normalized spacial score (nSPS) is 10.6. The van der Waals surface area contributed by atoms with Crippen LogP contribution in [0.5, 0.6) is 0 Å². The minimum absolute atomic E-state index is 0.0246. The molecule has 1 heterocycles. The van der Waals surface area contributed by atoms with E-state index < -0.39 is 0 Å². The van der Waals surface area contributed by atoms with E-state index in [1.165, 1.54) is 5.69 Å². The van der Waals surface area contributed by atoms with E-state index >= 15 is 0 Å². The van der Waals surface area contributed by atoms with E-state index in [2.05, 4.69) is 46.5 Å². The molecule has 1 N–H and O–H groups in total. The number of hydrogen-bond donors (Lipinski definition) is 1. The van der Waals surface area contributed by atoms with Gasteiger partial charge in [0.15, 0.2) is 0 Å². The van der Waals surface area contributed by atoms with Gasteiger partial charge in [0.2, 0.25) is 0 Å². The Kier molecular flexibility index (Phi) is 6.63. The maximum Gasteiger partial charge on any atom is 0.251 e. The molecule has 140 valence electrons. The molecule has 0 unspecified atom stereocenters. The number of amides is 1. The smallest absolute Gasteiger partial charge is 0.251 e. The number of aromatic nitrogens is 2. The zero-order chi connectivity index (χ0) is 18.9. The van der Waals surface area contributed by atoms with Crippen molar-refractivity contribution in [1.29, 1.82) is 0 Å². The van der Waals surface area contributed by atoms with Crippen LogP contribution in [0.15, 0.2) is 73.1 Å². The highest BCUT2D eigenvalue weighted by Gasteiger charge is 2.07. The fourth-order valence-electron chi connectivity index (χ4n) is 3.03. The molecule has 5 nitrogen and oxygen atoms in total. The summed E-state index contributed by atoms with van der Waals surface area (Å²) in [6.07, 6.45) is 4.60. The first-order valence-electron chi connectivity index (χ1n) is 9.41. The molecule has 0 saturated heterocycles. The van der Waals surface area contributed by atoms with E-state index in [1.807, 2.05) is 47.3 Å². The number of para-hydroxylation sites is 1. The first-order chi connectivity index (χ1) is 13.3. The van der Waals surface area contributed by atoms with Gasteiger partial charge in [-0.15, -0.1) is 0 Å². The summed E-state index contributed by atoms with van der Waals surface area (Å²) in [7, 11) is 0. The van der Waals surface area contributed by atoms with Crippen molar-refractivity contribution in [3.63, 3.8) is 0 Å². The van der Waals surface area contributed by atoms with E-state index in [0.717, 1.165) is 25.1 Å². The predicted molar refractivity (Wildman–Crippen MR) is 109 cm³/mol. The van der Waals surface area contributed by atoms with Crippen LogP contribution in [0.2, 0.25) is 0 Å². The van der Waals surface area contributed by atoms with Crippen molar-refractivity contribution < 1.29 is 4.79 Å². The first kappa shape index (κ1) is 18.7. The highest BCUT2D eigenvalue weighted by Crippen LogP contribution is 2.12. The molecule has 0 aliphatic rings. The lowest BCUT2D eigenvalue weighted by atomic mass is 10.1. The quantitative estimate of drug-likeness (QED) is 0.592. The van der Waals surface area contributed by atoms with Gasteiger partial charge in [-0.25, -0.2) is 0 Å². The number of hydrogen-bond acceptors (Lipinski definition) is 3. The number of carbonyl (C=O) groups excluding carboxylic acids is 1. The van der Waals surface area contributed by atoms with Crippen LogP contribution in [0.3, 0.4) is 0 Å². The Balaban J connectivity index is 1.43. The molecule has 0 radical (unpaired) electrons. The van der Waals surface area contributed by atoms with Crippen LogP contribution in [0.4, 0.5) is 5.69 Å². The molecule has 1 aromatic heterocycles. The number of rotatable bonds is 9. The summed E-state index contributed by atoms with van der Waals surface area (Å²) in [5, 5.41) is 7.21. The van der Waals surface area contributed by atoms with Crippen molar-refractivity contribution in [3.8, 4) is 0 Å². The van der Waals surface area contributed by atoms with Gasteiger partial charge in [-0.2, -0.15) is 5.10 Å².